The van der Waals surface area contributed by atoms with E-state index in [-0.39, 0.29) is 30.6 Å². The quantitative estimate of drug-likeness (QED) is 0.827. The Hall–Kier alpha value is -2.36. The zero-order chi connectivity index (χ0) is 16.1. The van der Waals surface area contributed by atoms with Gasteiger partial charge < -0.3 is 9.73 Å². The molecule has 4 nitrogen and oxygen atoms in total. The number of carbonyl (C=O) groups is 2. The van der Waals surface area contributed by atoms with Crippen LogP contribution in [0.25, 0.3) is 0 Å². The molecular formula is C18H21NO3. The third-order valence-electron chi connectivity index (χ3n) is 3.76. The van der Waals surface area contributed by atoms with E-state index in [0.717, 1.165) is 11.1 Å². The van der Waals surface area contributed by atoms with Crippen LogP contribution in [0.3, 0.4) is 0 Å². The van der Waals surface area contributed by atoms with Crippen molar-refractivity contribution >= 4 is 11.7 Å². The Morgan fingerprint density at radius 2 is 1.91 bits per heavy atom. The molecule has 22 heavy (non-hydrogen) atoms. The second kappa shape index (κ2) is 7.07. The molecule has 4 heteroatoms. The molecule has 1 N–H and O–H groups in total. The number of carbonyl (C=O) groups excluding carboxylic acids is 2. The monoisotopic (exact) mass is 299 g/mol. The molecule has 1 aromatic heterocycles. The fraction of sp³-hybridized carbons (Fsp3) is 0.333. The van der Waals surface area contributed by atoms with Gasteiger partial charge >= 0.3 is 0 Å². The molecule has 1 amide bonds. The van der Waals surface area contributed by atoms with Crippen LogP contribution in [0, 0.1) is 13.8 Å². The number of aryl methyl sites for hydroxylation is 2. The largest absolute Gasteiger partial charge is 0.467 e. The summed E-state index contributed by atoms with van der Waals surface area (Å²) < 4.78 is 5.23. The highest BCUT2D eigenvalue weighted by Gasteiger charge is 2.14. The topological polar surface area (TPSA) is 59.3 Å². The second-order valence-electron chi connectivity index (χ2n) is 5.53. The number of nitrogens with one attached hydrogen (secondary N) is 1. The standard InChI is InChI=1S/C18H21NO3/c1-12-6-7-15(11-13(12)2)16(20)8-9-18(21)19-14(3)17-5-4-10-22-17/h4-7,10-11,14H,8-9H2,1-3H3,(H,19,21)/t14-/m1/s1. The number of hydrogen-bond donors (Lipinski definition) is 1. The van der Waals surface area contributed by atoms with Crippen LogP contribution in [0.5, 0.6) is 0 Å². The van der Waals surface area contributed by atoms with Crippen molar-refractivity contribution in [2.45, 2.75) is 39.7 Å². The van der Waals surface area contributed by atoms with Crippen LogP contribution >= 0.6 is 0 Å². The first-order chi connectivity index (χ1) is 10.5. The van der Waals surface area contributed by atoms with Gasteiger partial charge in [0.2, 0.25) is 5.91 Å². The number of Topliss-reactive ketones (excluding diaryl/α,β-unsaturated/α-hetero) is 1. The lowest BCUT2D eigenvalue weighted by atomic mass is 10.0. The summed E-state index contributed by atoms with van der Waals surface area (Å²) in [5.74, 6) is 0.541. The first kappa shape index (κ1) is 16.0. The summed E-state index contributed by atoms with van der Waals surface area (Å²) >= 11 is 0. The summed E-state index contributed by atoms with van der Waals surface area (Å²) in [6.07, 6.45) is 1.96. The van der Waals surface area contributed by atoms with Gasteiger partial charge in [-0.1, -0.05) is 12.1 Å². The van der Waals surface area contributed by atoms with Gasteiger partial charge in [0, 0.05) is 18.4 Å². The average Bonchev–Trinajstić information content (AvgIpc) is 3.02. The fourth-order valence-corrected chi connectivity index (χ4v) is 2.21. The Labute approximate surface area is 130 Å². The third-order valence-corrected chi connectivity index (χ3v) is 3.76. The van der Waals surface area contributed by atoms with E-state index in [4.69, 9.17) is 4.42 Å². The molecule has 0 aliphatic heterocycles. The molecule has 1 atom stereocenters. The summed E-state index contributed by atoms with van der Waals surface area (Å²) in [5, 5.41) is 2.82. The zero-order valence-corrected chi connectivity index (χ0v) is 13.2. The van der Waals surface area contributed by atoms with E-state index in [0.29, 0.717) is 11.3 Å². The van der Waals surface area contributed by atoms with Crippen molar-refractivity contribution in [3.05, 3.63) is 59.0 Å². The molecule has 2 aromatic rings. The van der Waals surface area contributed by atoms with E-state index in [1.807, 2.05) is 45.0 Å². The van der Waals surface area contributed by atoms with Crippen molar-refractivity contribution < 1.29 is 14.0 Å². The maximum absolute atomic E-state index is 12.1. The van der Waals surface area contributed by atoms with Crippen LogP contribution in [0.4, 0.5) is 0 Å². The molecule has 0 fully saturated rings. The maximum atomic E-state index is 12.1. The summed E-state index contributed by atoms with van der Waals surface area (Å²) in [6.45, 7) is 5.83. The van der Waals surface area contributed by atoms with Crippen molar-refractivity contribution in [1.82, 2.24) is 5.32 Å². The van der Waals surface area contributed by atoms with Gasteiger partial charge in [-0.3, -0.25) is 9.59 Å². The molecule has 0 aliphatic carbocycles. The van der Waals surface area contributed by atoms with Crippen molar-refractivity contribution in [3.63, 3.8) is 0 Å². The lowest BCUT2D eigenvalue weighted by Gasteiger charge is -2.11. The molecule has 1 heterocycles. The molecule has 116 valence electrons. The van der Waals surface area contributed by atoms with Crippen LogP contribution < -0.4 is 5.32 Å². The Kier molecular flexibility index (Phi) is 5.15. The molecule has 2 rings (SSSR count). The van der Waals surface area contributed by atoms with Crippen molar-refractivity contribution in [2.75, 3.05) is 0 Å². The minimum absolute atomic E-state index is 0.0103. The number of hydrogen-bond acceptors (Lipinski definition) is 3. The predicted molar refractivity (Wildman–Crippen MR) is 84.7 cm³/mol. The van der Waals surface area contributed by atoms with Gasteiger partial charge in [0.1, 0.15) is 5.76 Å². The Morgan fingerprint density at radius 1 is 1.14 bits per heavy atom. The molecule has 0 radical (unpaired) electrons. The minimum atomic E-state index is -0.195. The number of rotatable bonds is 6. The van der Waals surface area contributed by atoms with Gasteiger partial charge in [0.05, 0.1) is 12.3 Å². The van der Waals surface area contributed by atoms with Crippen LogP contribution in [0.1, 0.15) is 53.1 Å². The zero-order valence-electron chi connectivity index (χ0n) is 13.2. The first-order valence-corrected chi connectivity index (χ1v) is 7.40. The third kappa shape index (κ3) is 4.07. The number of ketones is 1. The lowest BCUT2D eigenvalue weighted by molar-refractivity contribution is -0.121. The van der Waals surface area contributed by atoms with Crippen LogP contribution in [0.2, 0.25) is 0 Å². The molecule has 1 aromatic carbocycles. The average molecular weight is 299 g/mol. The van der Waals surface area contributed by atoms with Gasteiger partial charge in [0.25, 0.3) is 0 Å². The summed E-state index contributed by atoms with van der Waals surface area (Å²) in [7, 11) is 0. The van der Waals surface area contributed by atoms with Gasteiger partial charge in [-0.15, -0.1) is 0 Å². The Bertz CT molecular complexity index is 659. The van der Waals surface area contributed by atoms with Crippen molar-refractivity contribution in [3.8, 4) is 0 Å². The van der Waals surface area contributed by atoms with E-state index < -0.39 is 0 Å². The minimum Gasteiger partial charge on any atom is -0.467 e. The molecule has 0 unspecified atom stereocenters. The normalized spacial score (nSPS) is 12.0. The van der Waals surface area contributed by atoms with Gasteiger partial charge in [0.15, 0.2) is 5.78 Å². The molecular weight excluding hydrogens is 278 g/mol. The number of amides is 1. The molecule has 0 saturated heterocycles. The molecule has 0 saturated carbocycles. The summed E-state index contributed by atoms with van der Waals surface area (Å²) in [6, 6.07) is 9.02. The summed E-state index contributed by atoms with van der Waals surface area (Å²) in [4.78, 5) is 24.0. The first-order valence-electron chi connectivity index (χ1n) is 7.40. The lowest BCUT2D eigenvalue weighted by Crippen LogP contribution is -2.26. The van der Waals surface area contributed by atoms with E-state index in [1.54, 1.807) is 12.3 Å². The van der Waals surface area contributed by atoms with Crippen LogP contribution in [0.15, 0.2) is 41.0 Å². The van der Waals surface area contributed by atoms with Crippen molar-refractivity contribution in [1.29, 1.82) is 0 Å². The number of benzene rings is 1. The molecule has 0 spiro atoms. The van der Waals surface area contributed by atoms with Crippen molar-refractivity contribution in [2.24, 2.45) is 0 Å². The van der Waals surface area contributed by atoms with E-state index in [2.05, 4.69) is 5.32 Å². The fourth-order valence-electron chi connectivity index (χ4n) is 2.21. The predicted octanol–water partition coefficient (Wildman–Crippen LogP) is 3.74. The maximum Gasteiger partial charge on any atom is 0.221 e. The van der Waals surface area contributed by atoms with Gasteiger partial charge in [-0.25, -0.2) is 0 Å². The van der Waals surface area contributed by atoms with Crippen LogP contribution in [-0.4, -0.2) is 11.7 Å². The molecule has 0 aliphatic rings. The number of furan rings is 1. The summed E-state index contributed by atoms with van der Waals surface area (Å²) in [5.41, 5.74) is 2.90. The Morgan fingerprint density at radius 3 is 2.55 bits per heavy atom. The van der Waals surface area contributed by atoms with E-state index in [9.17, 15) is 9.59 Å². The smallest absolute Gasteiger partial charge is 0.221 e. The Balaban J connectivity index is 1.85. The van der Waals surface area contributed by atoms with E-state index >= 15 is 0 Å². The SMILES string of the molecule is Cc1ccc(C(=O)CCC(=O)N[C@H](C)c2ccco2)cc1C. The highest BCUT2D eigenvalue weighted by atomic mass is 16.3. The van der Waals surface area contributed by atoms with Gasteiger partial charge in [-0.2, -0.15) is 0 Å². The van der Waals surface area contributed by atoms with Crippen LogP contribution in [-0.2, 0) is 4.79 Å². The van der Waals surface area contributed by atoms with Gasteiger partial charge in [-0.05, 0) is 50.1 Å². The second-order valence-corrected chi connectivity index (χ2v) is 5.53. The molecule has 0 bridgehead atoms. The van der Waals surface area contributed by atoms with E-state index in [1.165, 1.54) is 0 Å². The highest BCUT2D eigenvalue weighted by molar-refractivity contribution is 5.98. The highest BCUT2D eigenvalue weighted by Crippen LogP contribution is 2.14.